The highest BCUT2D eigenvalue weighted by atomic mass is 16.3. The van der Waals surface area contributed by atoms with Crippen LogP contribution < -0.4 is 0 Å². The monoisotopic (exact) mass is 326 g/mol. The zero-order valence-corrected chi connectivity index (χ0v) is 13.5. The first-order valence-electron chi connectivity index (χ1n) is 7.86. The number of furan rings is 1. The minimum Gasteiger partial charge on any atom is -0.450 e. The number of rotatable bonds is 2. The number of β-amino-alcohol motifs (C(OH)–C–C–N with tert-alkyl or cyclic N) is 1. The molecular formula is C17H18N4O3. The van der Waals surface area contributed by atoms with E-state index in [1.807, 2.05) is 32.0 Å². The summed E-state index contributed by atoms with van der Waals surface area (Å²) in [5.41, 5.74) is 1.85. The second-order valence-corrected chi connectivity index (χ2v) is 6.37. The van der Waals surface area contributed by atoms with Gasteiger partial charge in [0.2, 0.25) is 0 Å². The average Bonchev–Trinajstić information content (AvgIpc) is 3.28. The lowest BCUT2D eigenvalue weighted by Crippen LogP contribution is -2.34. The molecule has 1 aliphatic rings. The van der Waals surface area contributed by atoms with E-state index in [-0.39, 0.29) is 12.5 Å². The number of hydrogen-bond acceptors (Lipinski definition) is 5. The molecule has 2 aromatic heterocycles. The first kappa shape index (κ1) is 14.9. The van der Waals surface area contributed by atoms with Crippen molar-refractivity contribution >= 4 is 16.9 Å². The summed E-state index contributed by atoms with van der Waals surface area (Å²) in [5.74, 6) is 0.131. The molecule has 7 heteroatoms. The number of amides is 1. The highest BCUT2D eigenvalue weighted by Gasteiger charge is 2.42. The average molecular weight is 326 g/mol. The fourth-order valence-corrected chi connectivity index (χ4v) is 3.33. The summed E-state index contributed by atoms with van der Waals surface area (Å²) in [7, 11) is 0. The first-order valence-corrected chi connectivity index (χ1v) is 7.86. The third-order valence-corrected chi connectivity index (χ3v) is 4.78. The van der Waals surface area contributed by atoms with Gasteiger partial charge in [0, 0.05) is 23.9 Å². The van der Waals surface area contributed by atoms with Crippen LogP contribution in [0.4, 0.5) is 0 Å². The Kier molecular flexibility index (Phi) is 3.21. The molecule has 0 spiro atoms. The third kappa shape index (κ3) is 2.12. The second-order valence-electron chi connectivity index (χ2n) is 6.37. The number of likely N-dealkylation sites (tertiary alicyclic amines) is 1. The SMILES string of the molecule is Cc1c(C(=O)N2CC[C@@](O)(c3cn[nH]n3)C2)oc2c(C)cccc12. The molecule has 1 amide bonds. The van der Waals surface area contributed by atoms with Crippen LogP contribution in [-0.4, -0.2) is 44.4 Å². The van der Waals surface area contributed by atoms with Gasteiger partial charge in [-0.2, -0.15) is 15.4 Å². The van der Waals surface area contributed by atoms with Crippen molar-refractivity contribution in [3.05, 3.63) is 47.0 Å². The van der Waals surface area contributed by atoms with Gasteiger partial charge in [-0.1, -0.05) is 18.2 Å². The Morgan fingerprint density at radius 1 is 1.42 bits per heavy atom. The molecular weight excluding hydrogens is 308 g/mol. The van der Waals surface area contributed by atoms with Crippen molar-refractivity contribution in [2.24, 2.45) is 0 Å². The number of fused-ring (bicyclic) bond motifs is 1. The molecule has 124 valence electrons. The summed E-state index contributed by atoms with van der Waals surface area (Å²) in [6.07, 6.45) is 1.91. The number of H-pyrrole nitrogens is 1. The van der Waals surface area contributed by atoms with Gasteiger partial charge in [0.25, 0.3) is 5.91 Å². The van der Waals surface area contributed by atoms with Gasteiger partial charge in [-0.3, -0.25) is 4.79 Å². The zero-order chi connectivity index (χ0) is 16.9. The number of carbonyl (C=O) groups excluding carboxylic acids is 1. The molecule has 0 saturated carbocycles. The van der Waals surface area contributed by atoms with Crippen LogP contribution in [0, 0.1) is 13.8 Å². The summed E-state index contributed by atoms with van der Waals surface area (Å²) in [4.78, 5) is 14.5. The fourth-order valence-electron chi connectivity index (χ4n) is 3.33. The molecule has 0 aliphatic carbocycles. The number of aromatic nitrogens is 3. The van der Waals surface area contributed by atoms with Gasteiger partial charge in [-0.25, -0.2) is 0 Å². The van der Waals surface area contributed by atoms with Crippen LogP contribution in [0.3, 0.4) is 0 Å². The molecule has 2 N–H and O–H groups in total. The van der Waals surface area contributed by atoms with Crippen LogP contribution in [0.5, 0.6) is 0 Å². The smallest absolute Gasteiger partial charge is 0.290 e. The molecule has 0 unspecified atom stereocenters. The Morgan fingerprint density at radius 3 is 2.96 bits per heavy atom. The Labute approximate surface area is 138 Å². The molecule has 1 aliphatic heterocycles. The van der Waals surface area contributed by atoms with E-state index in [2.05, 4.69) is 15.4 Å². The third-order valence-electron chi connectivity index (χ3n) is 4.78. The Hall–Kier alpha value is -2.67. The number of hydrogen-bond donors (Lipinski definition) is 2. The maximum atomic E-state index is 12.9. The first-order chi connectivity index (χ1) is 11.5. The Balaban J connectivity index is 1.66. The number of nitrogens with zero attached hydrogens (tertiary/aromatic N) is 3. The number of aliphatic hydroxyl groups is 1. The van der Waals surface area contributed by atoms with E-state index in [1.54, 1.807) is 4.90 Å². The maximum absolute atomic E-state index is 12.9. The predicted octanol–water partition coefficient (Wildman–Crippen LogP) is 1.90. The number of para-hydroxylation sites is 1. The van der Waals surface area contributed by atoms with Crippen LogP contribution in [0.1, 0.15) is 33.8 Å². The van der Waals surface area contributed by atoms with E-state index in [0.29, 0.717) is 24.4 Å². The molecule has 7 nitrogen and oxygen atoms in total. The molecule has 3 heterocycles. The molecule has 4 rings (SSSR count). The van der Waals surface area contributed by atoms with Gasteiger partial charge in [0.05, 0.1) is 12.7 Å². The van der Waals surface area contributed by atoms with Crippen molar-refractivity contribution in [1.82, 2.24) is 20.3 Å². The number of nitrogens with one attached hydrogen (secondary N) is 1. The molecule has 3 aromatic rings. The van der Waals surface area contributed by atoms with E-state index < -0.39 is 5.60 Å². The zero-order valence-electron chi connectivity index (χ0n) is 13.5. The summed E-state index contributed by atoms with van der Waals surface area (Å²) in [6.45, 7) is 4.46. The largest absolute Gasteiger partial charge is 0.450 e. The topological polar surface area (TPSA) is 95.2 Å². The lowest BCUT2D eigenvalue weighted by molar-refractivity contribution is 0.0374. The molecule has 1 saturated heterocycles. The highest BCUT2D eigenvalue weighted by molar-refractivity contribution is 5.99. The van der Waals surface area contributed by atoms with Gasteiger partial charge in [0.1, 0.15) is 16.9 Å². The molecule has 1 atom stereocenters. The summed E-state index contributed by atoms with van der Waals surface area (Å²) >= 11 is 0. The summed E-state index contributed by atoms with van der Waals surface area (Å²) in [5, 5.41) is 21.9. The number of carbonyl (C=O) groups is 1. The van der Waals surface area contributed by atoms with Crippen LogP contribution in [-0.2, 0) is 5.60 Å². The number of benzene rings is 1. The van der Waals surface area contributed by atoms with Gasteiger partial charge < -0.3 is 14.4 Å². The van der Waals surface area contributed by atoms with Crippen molar-refractivity contribution in [3.63, 3.8) is 0 Å². The normalized spacial score (nSPS) is 20.9. The van der Waals surface area contributed by atoms with Crippen molar-refractivity contribution in [1.29, 1.82) is 0 Å². The quantitative estimate of drug-likeness (QED) is 0.750. The van der Waals surface area contributed by atoms with Crippen LogP contribution in [0.25, 0.3) is 11.0 Å². The minimum atomic E-state index is -1.17. The van der Waals surface area contributed by atoms with Crippen molar-refractivity contribution in [3.8, 4) is 0 Å². The van der Waals surface area contributed by atoms with Gasteiger partial charge in [-0.05, 0) is 19.4 Å². The number of aryl methyl sites for hydroxylation is 2. The number of aromatic amines is 1. The maximum Gasteiger partial charge on any atom is 0.290 e. The lowest BCUT2D eigenvalue weighted by atomic mass is 10.00. The van der Waals surface area contributed by atoms with Gasteiger partial charge in [-0.15, -0.1) is 0 Å². The van der Waals surface area contributed by atoms with E-state index in [0.717, 1.165) is 22.1 Å². The second kappa shape index (κ2) is 5.17. The Bertz CT molecular complexity index is 915. The van der Waals surface area contributed by atoms with Crippen LogP contribution >= 0.6 is 0 Å². The van der Waals surface area contributed by atoms with Crippen LogP contribution in [0.2, 0.25) is 0 Å². The Morgan fingerprint density at radius 2 is 2.25 bits per heavy atom. The van der Waals surface area contributed by atoms with E-state index in [1.165, 1.54) is 6.20 Å². The van der Waals surface area contributed by atoms with Gasteiger partial charge in [0.15, 0.2) is 5.76 Å². The molecule has 0 bridgehead atoms. The standard InChI is InChI=1S/C17H18N4O3/c1-10-4-3-5-12-11(2)15(24-14(10)12)16(22)21-7-6-17(23,9-21)13-8-18-20-19-13/h3-5,8,23H,6-7,9H2,1-2H3,(H,18,19,20)/t17-/m0/s1. The van der Waals surface area contributed by atoms with Crippen molar-refractivity contribution in [2.45, 2.75) is 25.9 Å². The summed E-state index contributed by atoms with van der Waals surface area (Å²) in [6, 6.07) is 5.86. The van der Waals surface area contributed by atoms with E-state index in [9.17, 15) is 9.90 Å². The summed E-state index contributed by atoms with van der Waals surface area (Å²) < 4.78 is 5.86. The van der Waals surface area contributed by atoms with Crippen LogP contribution in [0.15, 0.2) is 28.8 Å². The predicted molar refractivity (Wildman–Crippen MR) is 86.5 cm³/mol. The van der Waals surface area contributed by atoms with E-state index >= 15 is 0 Å². The lowest BCUT2D eigenvalue weighted by Gasteiger charge is -2.20. The van der Waals surface area contributed by atoms with Crippen molar-refractivity contribution < 1.29 is 14.3 Å². The molecule has 1 fully saturated rings. The molecule has 1 aromatic carbocycles. The molecule has 24 heavy (non-hydrogen) atoms. The van der Waals surface area contributed by atoms with E-state index in [4.69, 9.17) is 4.42 Å². The molecule has 0 radical (unpaired) electrons. The minimum absolute atomic E-state index is 0.174. The van der Waals surface area contributed by atoms with Gasteiger partial charge >= 0.3 is 0 Å². The van der Waals surface area contributed by atoms with Crippen molar-refractivity contribution in [2.75, 3.05) is 13.1 Å². The highest BCUT2D eigenvalue weighted by Crippen LogP contribution is 2.33. The fraction of sp³-hybridized carbons (Fsp3) is 0.353.